The van der Waals surface area contributed by atoms with E-state index in [4.69, 9.17) is 0 Å². The van der Waals surface area contributed by atoms with Gasteiger partial charge in [-0.15, -0.1) is 11.3 Å². The summed E-state index contributed by atoms with van der Waals surface area (Å²) in [6.45, 7) is 2.07. The molecule has 0 bridgehead atoms. The molecule has 2 heterocycles. The van der Waals surface area contributed by atoms with E-state index >= 15 is 0 Å². The SMILES string of the molecule is O=C(CC1CCCNC1)Nc1nc2c(s1)CCC2. The molecule has 1 amide bonds. The third-order valence-electron chi connectivity index (χ3n) is 3.72. The predicted octanol–water partition coefficient (Wildman–Crippen LogP) is 1.96. The number of amides is 1. The molecular formula is C13H19N3OS. The van der Waals surface area contributed by atoms with Crippen molar-refractivity contribution in [3.8, 4) is 0 Å². The van der Waals surface area contributed by atoms with Crippen LogP contribution in [0.5, 0.6) is 0 Å². The minimum absolute atomic E-state index is 0.121. The van der Waals surface area contributed by atoms with Crippen molar-refractivity contribution in [1.82, 2.24) is 10.3 Å². The fourth-order valence-electron chi connectivity index (χ4n) is 2.77. The number of carbonyl (C=O) groups is 1. The minimum Gasteiger partial charge on any atom is -0.316 e. The predicted molar refractivity (Wildman–Crippen MR) is 73.0 cm³/mol. The van der Waals surface area contributed by atoms with Crippen LogP contribution in [0.1, 0.15) is 36.3 Å². The molecule has 2 N–H and O–H groups in total. The lowest BCUT2D eigenvalue weighted by atomic mass is 9.96. The molecule has 98 valence electrons. The second-order valence-electron chi connectivity index (χ2n) is 5.21. The first-order valence-corrected chi connectivity index (χ1v) is 7.62. The van der Waals surface area contributed by atoms with Gasteiger partial charge in [0, 0.05) is 11.3 Å². The van der Waals surface area contributed by atoms with Crippen molar-refractivity contribution in [1.29, 1.82) is 0 Å². The second-order valence-corrected chi connectivity index (χ2v) is 6.29. The number of nitrogens with zero attached hydrogens (tertiary/aromatic N) is 1. The highest BCUT2D eigenvalue weighted by atomic mass is 32.1. The molecule has 2 aliphatic rings. The lowest BCUT2D eigenvalue weighted by Crippen LogP contribution is -2.32. The summed E-state index contributed by atoms with van der Waals surface area (Å²) in [5, 5.41) is 7.10. The highest BCUT2D eigenvalue weighted by Crippen LogP contribution is 2.30. The van der Waals surface area contributed by atoms with Gasteiger partial charge in [-0.1, -0.05) is 0 Å². The Bertz CT molecular complexity index is 416. The molecule has 1 saturated heterocycles. The number of thiazole rings is 1. The van der Waals surface area contributed by atoms with Crippen LogP contribution in [0.15, 0.2) is 0 Å². The summed E-state index contributed by atoms with van der Waals surface area (Å²) < 4.78 is 0. The van der Waals surface area contributed by atoms with Crippen molar-refractivity contribution in [3.05, 3.63) is 10.6 Å². The van der Waals surface area contributed by atoms with Gasteiger partial charge in [0.15, 0.2) is 5.13 Å². The van der Waals surface area contributed by atoms with Crippen LogP contribution in [0, 0.1) is 5.92 Å². The van der Waals surface area contributed by atoms with E-state index in [9.17, 15) is 4.79 Å². The van der Waals surface area contributed by atoms with E-state index in [1.54, 1.807) is 11.3 Å². The standard InChI is InChI=1S/C13H19N3OS/c17-12(7-9-3-2-6-14-8-9)16-13-15-10-4-1-5-11(10)18-13/h9,14H,1-8H2,(H,15,16,17). The van der Waals surface area contributed by atoms with Crippen LogP contribution in [-0.4, -0.2) is 24.0 Å². The van der Waals surface area contributed by atoms with Gasteiger partial charge in [-0.2, -0.15) is 0 Å². The van der Waals surface area contributed by atoms with Gasteiger partial charge in [-0.05, 0) is 51.1 Å². The van der Waals surface area contributed by atoms with Gasteiger partial charge in [0.05, 0.1) is 5.69 Å². The zero-order valence-corrected chi connectivity index (χ0v) is 11.3. The van der Waals surface area contributed by atoms with E-state index in [-0.39, 0.29) is 5.91 Å². The fourth-order valence-corrected chi connectivity index (χ4v) is 3.84. The van der Waals surface area contributed by atoms with Crippen molar-refractivity contribution in [2.45, 2.75) is 38.5 Å². The first kappa shape index (κ1) is 12.1. The van der Waals surface area contributed by atoms with Gasteiger partial charge < -0.3 is 10.6 Å². The number of anilines is 1. The van der Waals surface area contributed by atoms with Crippen LogP contribution in [0.25, 0.3) is 0 Å². The quantitative estimate of drug-likeness (QED) is 0.878. The highest BCUT2D eigenvalue weighted by Gasteiger charge is 2.20. The van der Waals surface area contributed by atoms with Gasteiger partial charge in [0.25, 0.3) is 0 Å². The Labute approximate surface area is 111 Å². The number of aromatic nitrogens is 1. The van der Waals surface area contributed by atoms with Gasteiger partial charge in [0.2, 0.25) is 5.91 Å². The number of aryl methyl sites for hydroxylation is 2. The number of hydrogen-bond donors (Lipinski definition) is 2. The average molecular weight is 265 g/mol. The Kier molecular flexibility index (Phi) is 3.61. The molecule has 1 aromatic rings. The first-order valence-electron chi connectivity index (χ1n) is 6.80. The molecule has 0 aromatic carbocycles. The normalized spacial score (nSPS) is 22.8. The maximum atomic E-state index is 11.9. The van der Waals surface area contributed by atoms with Gasteiger partial charge in [0.1, 0.15) is 0 Å². The van der Waals surface area contributed by atoms with Crippen molar-refractivity contribution >= 4 is 22.4 Å². The summed E-state index contributed by atoms with van der Waals surface area (Å²) in [6.07, 6.45) is 6.40. The Morgan fingerprint density at radius 1 is 1.44 bits per heavy atom. The molecule has 1 aromatic heterocycles. The monoisotopic (exact) mass is 265 g/mol. The fraction of sp³-hybridized carbons (Fsp3) is 0.692. The van der Waals surface area contributed by atoms with E-state index in [2.05, 4.69) is 15.6 Å². The zero-order chi connectivity index (χ0) is 12.4. The number of rotatable bonds is 3. The molecule has 18 heavy (non-hydrogen) atoms. The van der Waals surface area contributed by atoms with Crippen LogP contribution in [-0.2, 0) is 17.6 Å². The van der Waals surface area contributed by atoms with Crippen LogP contribution >= 0.6 is 11.3 Å². The Morgan fingerprint density at radius 3 is 3.17 bits per heavy atom. The van der Waals surface area contributed by atoms with Crippen molar-refractivity contribution < 1.29 is 4.79 Å². The lowest BCUT2D eigenvalue weighted by molar-refractivity contribution is -0.117. The van der Waals surface area contributed by atoms with Crippen LogP contribution in [0.2, 0.25) is 0 Å². The molecular weight excluding hydrogens is 246 g/mol. The van der Waals surface area contributed by atoms with E-state index in [1.165, 1.54) is 23.4 Å². The minimum atomic E-state index is 0.121. The van der Waals surface area contributed by atoms with E-state index < -0.39 is 0 Å². The topological polar surface area (TPSA) is 54.0 Å². The number of hydrogen-bond acceptors (Lipinski definition) is 4. The maximum absolute atomic E-state index is 11.9. The third kappa shape index (κ3) is 2.72. The van der Waals surface area contributed by atoms with Gasteiger partial charge >= 0.3 is 0 Å². The molecule has 0 spiro atoms. The molecule has 3 rings (SSSR count). The van der Waals surface area contributed by atoms with Crippen molar-refractivity contribution in [3.63, 3.8) is 0 Å². The molecule has 1 fully saturated rings. The maximum Gasteiger partial charge on any atom is 0.226 e. The molecule has 1 aliphatic heterocycles. The van der Waals surface area contributed by atoms with Gasteiger partial charge in [-0.25, -0.2) is 4.98 Å². The summed E-state index contributed by atoms with van der Waals surface area (Å²) in [4.78, 5) is 17.8. The molecule has 1 aliphatic carbocycles. The number of piperidine rings is 1. The first-order chi connectivity index (χ1) is 8.81. The number of carbonyl (C=O) groups excluding carboxylic acids is 1. The molecule has 4 nitrogen and oxygen atoms in total. The van der Waals surface area contributed by atoms with Crippen molar-refractivity contribution in [2.75, 3.05) is 18.4 Å². The molecule has 1 atom stereocenters. The number of fused-ring (bicyclic) bond motifs is 1. The summed E-state index contributed by atoms with van der Waals surface area (Å²) in [5.41, 5.74) is 1.20. The van der Waals surface area contributed by atoms with Crippen LogP contribution < -0.4 is 10.6 Å². The Balaban J connectivity index is 1.53. The smallest absolute Gasteiger partial charge is 0.226 e. The largest absolute Gasteiger partial charge is 0.316 e. The van der Waals surface area contributed by atoms with Crippen LogP contribution in [0.4, 0.5) is 5.13 Å². The third-order valence-corrected chi connectivity index (χ3v) is 4.79. The van der Waals surface area contributed by atoms with E-state index in [1.807, 2.05) is 0 Å². The summed E-state index contributed by atoms with van der Waals surface area (Å²) in [5.74, 6) is 0.613. The second kappa shape index (κ2) is 5.36. The van der Waals surface area contributed by atoms with Crippen molar-refractivity contribution in [2.24, 2.45) is 5.92 Å². The summed E-state index contributed by atoms with van der Waals surface area (Å²) in [7, 11) is 0. The molecule has 0 saturated carbocycles. The molecule has 5 heteroatoms. The lowest BCUT2D eigenvalue weighted by Gasteiger charge is -2.21. The van der Waals surface area contributed by atoms with Crippen LogP contribution in [0.3, 0.4) is 0 Å². The molecule has 0 radical (unpaired) electrons. The van der Waals surface area contributed by atoms with E-state index in [0.29, 0.717) is 12.3 Å². The molecule has 1 unspecified atom stereocenters. The summed E-state index contributed by atoms with van der Waals surface area (Å²) >= 11 is 1.65. The zero-order valence-electron chi connectivity index (χ0n) is 10.5. The number of nitrogens with one attached hydrogen (secondary N) is 2. The van der Waals surface area contributed by atoms with E-state index in [0.717, 1.165) is 37.5 Å². The summed E-state index contributed by atoms with van der Waals surface area (Å²) in [6, 6.07) is 0. The Hall–Kier alpha value is -0.940. The van der Waals surface area contributed by atoms with Gasteiger partial charge in [-0.3, -0.25) is 4.79 Å². The Morgan fingerprint density at radius 2 is 2.39 bits per heavy atom. The average Bonchev–Trinajstić information content (AvgIpc) is 2.90. The highest BCUT2D eigenvalue weighted by molar-refractivity contribution is 7.15.